The first kappa shape index (κ1) is 25.6. The van der Waals surface area contributed by atoms with Gasteiger partial charge in [-0.15, -0.1) is 0 Å². The summed E-state index contributed by atoms with van der Waals surface area (Å²) < 4.78 is 59.3. The van der Waals surface area contributed by atoms with Gasteiger partial charge in [0, 0.05) is 21.3 Å². The smallest absolute Gasteiger partial charge is 0.264 e. The Morgan fingerprint density at radius 2 is 1.31 bits per heavy atom. The SMILES string of the molecule is COCOc1ccccc1C(=O)c1c(OCOC)cc(COS(C)(=O)=O)cc1OCOC. The molecule has 0 radical (unpaired) electrons. The highest BCUT2D eigenvalue weighted by Gasteiger charge is 2.25. The second-order valence-electron chi connectivity index (χ2n) is 6.41. The number of carbonyl (C=O) groups excluding carboxylic acids is 1. The Morgan fingerprint density at radius 3 is 1.81 bits per heavy atom. The third-order valence-electron chi connectivity index (χ3n) is 3.92. The first-order valence-corrected chi connectivity index (χ1v) is 11.1. The maximum absolute atomic E-state index is 13.5. The van der Waals surface area contributed by atoms with Crippen molar-refractivity contribution in [3.05, 3.63) is 53.1 Å². The highest BCUT2D eigenvalue weighted by Crippen LogP contribution is 2.35. The van der Waals surface area contributed by atoms with Gasteiger partial charge in [-0.05, 0) is 29.8 Å². The van der Waals surface area contributed by atoms with Crippen molar-refractivity contribution in [2.24, 2.45) is 0 Å². The minimum absolute atomic E-state index is 0.0495. The summed E-state index contributed by atoms with van der Waals surface area (Å²) in [6, 6.07) is 9.59. The standard InChI is InChI=1S/C21H26O10S/c1-25-12-28-17-8-6-5-7-16(17)21(22)20-18(29-13-26-2)9-15(11-31-32(4,23)24)10-19(20)30-14-27-3/h5-10H,11-14H2,1-4H3. The summed E-state index contributed by atoms with van der Waals surface area (Å²) in [5.41, 5.74) is 0.720. The molecule has 0 heterocycles. The number of benzene rings is 2. The predicted molar refractivity (Wildman–Crippen MR) is 113 cm³/mol. The van der Waals surface area contributed by atoms with Crippen LogP contribution in [-0.4, -0.2) is 62.2 Å². The Bertz CT molecular complexity index is 974. The second-order valence-corrected chi connectivity index (χ2v) is 8.06. The summed E-state index contributed by atoms with van der Waals surface area (Å²) in [5.74, 6) is 0.0712. The number of methoxy groups -OCH3 is 3. The van der Waals surface area contributed by atoms with E-state index in [0.717, 1.165) is 6.26 Å². The van der Waals surface area contributed by atoms with Gasteiger partial charge in [-0.2, -0.15) is 8.42 Å². The Labute approximate surface area is 187 Å². The first-order chi connectivity index (χ1) is 15.3. The van der Waals surface area contributed by atoms with Crippen LogP contribution < -0.4 is 14.2 Å². The fourth-order valence-electron chi connectivity index (χ4n) is 2.64. The second kappa shape index (κ2) is 12.4. The van der Waals surface area contributed by atoms with E-state index in [2.05, 4.69) is 0 Å². The molecule has 2 aromatic rings. The molecule has 11 heteroatoms. The van der Waals surface area contributed by atoms with Crippen LogP contribution >= 0.6 is 0 Å². The van der Waals surface area contributed by atoms with Crippen LogP contribution in [0.1, 0.15) is 21.5 Å². The van der Waals surface area contributed by atoms with E-state index in [1.165, 1.54) is 33.5 Å². The molecule has 176 valence electrons. The molecule has 0 bridgehead atoms. The fourth-order valence-corrected chi connectivity index (χ4v) is 2.99. The van der Waals surface area contributed by atoms with Crippen molar-refractivity contribution in [3.8, 4) is 17.2 Å². The van der Waals surface area contributed by atoms with E-state index in [-0.39, 0.29) is 49.6 Å². The van der Waals surface area contributed by atoms with E-state index in [0.29, 0.717) is 11.3 Å². The fraction of sp³-hybridized carbons (Fsp3) is 0.381. The van der Waals surface area contributed by atoms with Crippen molar-refractivity contribution in [1.29, 1.82) is 0 Å². The van der Waals surface area contributed by atoms with Crippen LogP contribution in [0.3, 0.4) is 0 Å². The molecule has 0 aliphatic rings. The van der Waals surface area contributed by atoms with Gasteiger partial charge in [-0.3, -0.25) is 8.98 Å². The molecule has 0 saturated heterocycles. The third kappa shape index (κ3) is 7.46. The molecular weight excluding hydrogens is 444 g/mol. The Kier molecular flexibility index (Phi) is 9.88. The minimum atomic E-state index is -3.69. The van der Waals surface area contributed by atoms with Gasteiger partial charge in [0.2, 0.25) is 5.78 Å². The van der Waals surface area contributed by atoms with Crippen LogP contribution in [0.2, 0.25) is 0 Å². The summed E-state index contributed by atoms with van der Waals surface area (Å²) >= 11 is 0. The molecule has 0 N–H and O–H groups in total. The quantitative estimate of drug-likeness (QED) is 0.231. The van der Waals surface area contributed by atoms with E-state index < -0.39 is 15.9 Å². The van der Waals surface area contributed by atoms with Crippen LogP contribution in [-0.2, 0) is 35.1 Å². The molecule has 2 aromatic carbocycles. The summed E-state index contributed by atoms with van der Waals surface area (Å²) in [7, 11) is 0.625. The van der Waals surface area contributed by atoms with Crippen LogP contribution in [0.15, 0.2) is 36.4 Å². The number of para-hydroxylation sites is 1. The van der Waals surface area contributed by atoms with Crippen molar-refractivity contribution >= 4 is 15.9 Å². The lowest BCUT2D eigenvalue weighted by atomic mass is 9.99. The van der Waals surface area contributed by atoms with Gasteiger partial charge in [0.1, 0.15) is 22.8 Å². The highest BCUT2D eigenvalue weighted by molar-refractivity contribution is 7.85. The van der Waals surface area contributed by atoms with Gasteiger partial charge in [0.05, 0.1) is 18.4 Å². The van der Waals surface area contributed by atoms with Crippen molar-refractivity contribution in [2.45, 2.75) is 6.61 Å². The molecule has 0 aromatic heterocycles. The molecule has 0 unspecified atom stereocenters. The van der Waals surface area contributed by atoms with E-state index in [1.54, 1.807) is 24.3 Å². The molecule has 0 aliphatic heterocycles. The number of ketones is 1. The normalized spacial score (nSPS) is 11.2. The van der Waals surface area contributed by atoms with Crippen molar-refractivity contribution in [2.75, 3.05) is 48.0 Å². The van der Waals surface area contributed by atoms with E-state index >= 15 is 0 Å². The molecule has 0 fully saturated rings. The molecule has 10 nitrogen and oxygen atoms in total. The molecule has 0 atom stereocenters. The largest absolute Gasteiger partial charge is 0.467 e. The predicted octanol–water partition coefficient (Wildman–Crippen LogP) is 2.34. The lowest BCUT2D eigenvalue weighted by Crippen LogP contribution is -2.14. The number of hydrogen-bond donors (Lipinski definition) is 0. The maximum Gasteiger partial charge on any atom is 0.264 e. The zero-order valence-corrected chi connectivity index (χ0v) is 19.1. The van der Waals surface area contributed by atoms with Crippen LogP contribution in [0.5, 0.6) is 17.2 Å². The third-order valence-corrected chi connectivity index (χ3v) is 4.47. The summed E-state index contributed by atoms with van der Waals surface area (Å²) in [6.45, 7) is -0.663. The maximum atomic E-state index is 13.5. The van der Waals surface area contributed by atoms with E-state index in [1.807, 2.05) is 0 Å². The highest BCUT2D eigenvalue weighted by atomic mass is 32.2. The van der Waals surface area contributed by atoms with E-state index in [9.17, 15) is 13.2 Å². The lowest BCUT2D eigenvalue weighted by Gasteiger charge is -2.18. The number of ether oxygens (including phenoxy) is 6. The zero-order valence-electron chi connectivity index (χ0n) is 18.3. The molecule has 0 amide bonds. The molecule has 0 spiro atoms. The molecule has 32 heavy (non-hydrogen) atoms. The van der Waals surface area contributed by atoms with Crippen LogP contribution in [0.4, 0.5) is 0 Å². The van der Waals surface area contributed by atoms with Gasteiger partial charge in [0.25, 0.3) is 10.1 Å². The Hall–Kier alpha value is -2.70. The van der Waals surface area contributed by atoms with Crippen LogP contribution in [0.25, 0.3) is 0 Å². The van der Waals surface area contributed by atoms with Gasteiger partial charge in [-0.25, -0.2) is 0 Å². The van der Waals surface area contributed by atoms with Gasteiger partial charge >= 0.3 is 0 Å². The first-order valence-electron chi connectivity index (χ1n) is 9.31. The number of hydrogen-bond acceptors (Lipinski definition) is 10. The summed E-state index contributed by atoms with van der Waals surface area (Å²) in [6.07, 6.45) is 0.937. The molecule has 0 saturated carbocycles. The summed E-state index contributed by atoms with van der Waals surface area (Å²) in [4.78, 5) is 13.5. The lowest BCUT2D eigenvalue weighted by molar-refractivity contribution is 0.0442. The van der Waals surface area contributed by atoms with Crippen molar-refractivity contribution in [3.63, 3.8) is 0 Å². The molecule has 2 rings (SSSR count). The Balaban J connectivity index is 2.58. The number of rotatable bonds is 14. The Morgan fingerprint density at radius 1 is 0.812 bits per heavy atom. The average molecular weight is 470 g/mol. The zero-order chi connectivity index (χ0) is 23.6. The average Bonchev–Trinajstić information content (AvgIpc) is 2.77. The van der Waals surface area contributed by atoms with Gasteiger partial charge in [-0.1, -0.05) is 12.1 Å². The minimum Gasteiger partial charge on any atom is -0.467 e. The number of carbonyl (C=O) groups is 1. The van der Waals surface area contributed by atoms with Gasteiger partial charge in [0.15, 0.2) is 20.4 Å². The van der Waals surface area contributed by atoms with Crippen molar-refractivity contribution < 1.29 is 45.8 Å². The van der Waals surface area contributed by atoms with Crippen molar-refractivity contribution in [1.82, 2.24) is 0 Å². The topological polar surface area (TPSA) is 116 Å². The molecule has 0 aliphatic carbocycles. The van der Waals surface area contributed by atoms with E-state index in [4.69, 9.17) is 32.6 Å². The molecular formula is C21H26O10S. The van der Waals surface area contributed by atoms with Gasteiger partial charge < -0.3 is 28.4 Å². The summed E-state index contributed by atoms with van der Waals surface area (Å²) in [5, 5.41) is 0. The van der Waals surface area contributed by atoms with Crippen LogP contribution in [0, 0.1) is 0 Å². The monoisotopic (exact) mass is 470 g/mol.